The van der Waals surface area contributed by atoms with Crippen molar-refractivity contribution in [1.29, 1.82) is 0 Å². The number of hydrogen-bond acceptors (Lipinski definition) is 3. The van der Waals surface area contributed by atoms with Crippen LogP contribution in [0.25, 0.3) is 10.9 Å². The smallest absolute Gasteiger partial charge is 0.213 e. The molecule has 0 radical (unpaired) electrons. The van der Waals surface area contributed by atoms with E-state index in [-0.39, 0.29) is 5.78 Å². The van der Waals surface area contributed by atoms with E-state index in [1.165, 1.54) is 32.1 Å². The summed E-state index contributed by atoms with van der Waals surface area (Å²) in [6.07, 6.45) is 6.41. The number of fused-ring (bicyclic) bond motifs is 1. The van der Waals surface area contributed by atoms with Gasteiger partial charge in [-0.05, 0) is 30.9 Å². The van der Waals surface area contributed by atoms with E-state index in [1.54, 1.807) is 7.11 Å². The molecule has 0 saturated heterocycles. The molecular weight excluding hydrogens is 324 g/mol. The molecule has 1 aromatic heterocycles. The first-order valence-electron chi connectivity index (χ1n) is 9.40. The van der Waals surface area contributed by atoms with Crippen molar-refractivity contribution in [3.63, 3.8) is 0 Å². The van der Waals surface area contributed by atoms with E-state index in [4.69, 9.17) is 9.84 Å². The molecule has 0 spiro atoms. The highest BCUT2D eigenvalue weighted by molar-refractivity contribution is 6.14. The van der Waals surface area contributed by atoms with Crippen LogP contribution in [0.5, 0.6) is 5.75 Å². The van der Waals surface area contributed by atoms with Crippen LogP contribution in [0.2, 0.25) is 0 Å². The Morgan fingerprint density at radius 1 is 1.12 bits per heavy atom. The van der Waals surface area contributed by atoms with Gasteiger partial charge < -0.3 is 4.74 Å². The van der Waals surface area contributed by atoms with Gasteiger partial charge in [-0.3, -0.25) is 9.48 Å². The first-order valence-corrected chi connectivity index (χ1v) is 9.40. The van der Waals surface area contributed by atoms with Crippen molar-refractivity contribution in [2.24, 2.45) is 5.92 Å². The Balaban J connectivity index is 1.76. The second-order valence-electron chi connectivity index (χ2n) is 7.11. The van der Waals surface area contributed by atoms with Crippen molar-refractivity contribution in [2.45, 2.75) is 38.6 Å². The maximum atomic E-state index is 13.0. The second-order valence-corrected chi connectivity index (χ2v) is 7.11. The van der Waals surface area contributed by atoms with E-state index in [2.05, 4.69) is 0 Å². The summed E-state index contributed by atoms with van der Waals surface area (Å²) in [6.45, 7) is 0.867. The number of carbonyl (C=O) groups excluding carboxylic acids is 1. The number of ketones is 1. The molecule has 1 fully saturated rings. The fourth-order valence-corrected chi connectivity index (χ4v) is 3.93. The van der Waals surface area contributed by atoms with Crippen molar-refractivity contribution in [3.05, 3.63) is 59.8 Å². The van der Waals surface area contributed by atoms with Crippen LogP contribution in [0, 0.1) is 5.92 Å². The molecule has 0 bridgehead atoms. The molecule has 4 heteroatoms. The van der Waals surface area contributed by atoms with E-state index in [1.807, 2.05) is 53.2 Å². The highest BCUT2D eigenvalue weighted by Crippen LogP contribution is 2.29. The van der Waals surface area contributed by atoms with Crippen LogP contribution in [0.4, 0.5) is 0 Å². The number of ether oxygens (including phenoxy) is 1. The summed E-state index contributed by atoms with van der Waals surface area (Å²) < 4.78 is 7.41. The Morgan fingerprint density at radius 2 is 1.88 bits per heavy atom. The molecular formula is C22H24N2O2. The van der Waals surface area contributed by atoms with Gasteiger partial charge in [0.25, 0.3) is 0 Å². The summed E-state index contributed by atoms with van der Waals surface area (Å²) in [5.41, 5.74) is 2.19. The molecule has 0 N–H and O–H groups in total. The van der Waals surface area contributed by atoms with E-state index in [0.717, 1.165) is 23.2 Å². The fraction of sp³-hybridized carbons (Fsp3) is 0.364. The van der Waals surface area contributed by atoms with Gasteiger partial charge in [-0.2, -0.15) is 5.10 Å². The third-order valence-corrected chi connectivity index (χ3v) is 5.37. The summed E-state index contributed by atoms with van der Waals surface area (Å²) in [5, 5.41) is 5.65. The first-order chi connectivity index (χ1) is 12.8. The number of hydrogen-bond donors (Lipinski definition) is 0. The zero-order chi connectivity index (χ0) is 17.9. The van der Waals surface area contributed by atoms with Gasteiger partial charge in [0.05, 0.1) is 12.6 Å². The van der Waals surface area contributed by atoms with Gasteiger partial charge in [0.1, 0.15) is 11.4 Å². The number of methoxy groups -OCH3 is 1. The van der Waals surface area contributed by atoms with Gasteiger partial charge >= 0.3 is 0 Å². The lowest BCUT2D eigenvalue weighted by atomic mass is 9.89. The van der Waals surface area contributed by atoms with Crippen molar-refractivity contribution in [2.75, 3.05) is 7.11 Å². The monoisotopic (exact) mass is 348 g/mol. The molecule has 3 aromatic rings. The zero-order valence-corrected chi connectivity index (χ0v) is 15.1. The minimum Gasteiger partial charge on any atom is -0.497 e. The topological polar surface area (TPSA) is 44.1 Å². The van der Waals surface area contributed by atoms with E-state index >= 15 is 0 Å². The molecule has 4 rings (SSSR count). The van der Waals surface area contributed by atoms with Gasteiger partial charge in [-0.25, -0.2) is 0 Å². The average Bonchev–Trinajstić information content (AvgIpc) is 3.06. The minimum atomic E-state index is -0.0249. The van der Waals surface area contributed by atoms with Crippen LogP contribution in [0.1, 0.15) is 48.2 Å². The molecule has 0 amide bonds. The molecule has 134 valence electrons. The molecule has 2 aromatic carbocycles. The third kappa shape index (κ3) is 3.24. The summed E-state index contributed by atoms with van der Waals surface area (Å²) in [7, 11) is 1.67. The summed E-state index contributed by atoms with van der Waals surface area (Å²) in [5.74, 6) is 1.40. The van der Waals surface area contributed by atoms with E-state index in [9.17, 15) is 4.79 Å². The van der Waals surface area contributed by atoms with Crippen molar-refractivity contribution in [3.8, 4) is 5.75 Å². The Kier molecular flexibility index (Phi) is 4.74. The molecule has 1 saturated carbocycles. The summed E-state index contributed by atoms with van der Waals surface area (Å²) in [6, 6.07) is 15.2. The van der Waals surface area contributed by atoms with Gasteiger partial charge in [0, 0.05) is 23.6 Å². The van der Waals surface area contributed by atoms with Crippen molar-refractivity contribution in [1.82, 2.24) is 9.78 Å². The van der Waals surface area contributed by atoms with Crippen LogP contribution in [-0.2, 0) is 6.54 Å². The van der Waals surface area contributed by atoms with E-state index in [0.29, 0.717) is 17.2 Å². The Labute approximate surface area is 153 Å². The predicted octanol–water partition coefficient (Wildman–Crippen LogP) is 4.86. The number of nitrogens with zero attached hydrogens (tertiary/aromatic N) is 2. The van der Waals surface area contributed by atoms with Crippen molar-refractivity contribution < 1.29 is 9.53 Å². The lowest BCUT2D eigenvalue weighted by Gasteiger charge is -2.21. The van der Waals surface area contributed by atoms with Gasteiger partial charge in [-0.1, -0.05) is 49.6 Å². The maximum absolute atomic E-state index is 13.0. The molecule has 0 atom stereocenters. The van der Waals surface area contributed by atoms with Crippen LogP contribution >= 0.6 is 0 Å². The molecule has 26 heavy (non-hydrogen) atoms. The van der Waals surface area contributed by atoms with Gasteiger partial charge in [0.15, 0.2) is 0 Å². The quantitative estimate of drug-likeness (QED) is 0.619. The van der Waals surface area contributed by atoms with Crippen molar-refractivity contribution >= 4 is 16.7 Å². The Hall–Kier alpha value is -2.62. The predicted molar refractivity (Wildman–Crippen MR) is 103 cm³/mol. The van der Waals surface area contributed by atoms with Gasteiger partial charge in [0.2, 0.25) is 5.78 Å². The molecule has 0 aliphatic heterocycles. The first kappa shape index (κ1) is 16.8. The largest absolute Gasteiger partial charge is 0.497 e. The number of carbonyl (C=O) groups is 1. The number of benzene rings is 2. The van der Waals surface area contributed by atoms with Crippen LogP contribution in [0.3, 0.4) is 0 Å². The highest BCUT2D eigenvalue weighted by Gasteiger charge is 2.21. The normalized spacial score (nSPS) is 15.3. The molecule has 0 unspecified atom stereocenters. The minimum absolute atomic E-state index is 0.0249. The number of aromatic nitrogens is 2. The lowest BCUT2D eigenvalue weighted by molar-refractivity contribution is 0.103. The second kappa shape index (κ2) is 7.32. The number of rotatable bonds is 5. The fourth-order valence-electron chi connectivity index (χ4n) is 3.93. The molecule has 1 aliphatic rings. The van der Waals surface area contributed by atoms with E-state index < -0.39 is 0 Å². The van der Waals surface area contributed by atoms with Gasteiger partial charge in [-0.15, -0.1) is 0 Å². The molecule has 1 aliphatic carbocycles. The standard InChI is InChI=1S/C22H24N2O2/c1-26-18-12-13-19-20(14-18)24(15-16-8-4-2-5-9-16)23-21(19)22(25)17-10-6-3-7-11-17/h3,6-7,10-14,16H,2,4-5,8-9,15H2,1H3. The van der Waals surface area contributed by atoms with Crippen LogP contribution < -0.4 is 4.74 Å². The Bertz CT molecular complexity index is 909. The van der Waals surface area contributed by atoms with Crippen LogP contribution in [-0.4, -0.2) is 22.7 Å². The Morgan fingerprint density at radius 3 is 2.62 bits per heavy atom. The summed E-state index contributed by atoms with van der Waals surface area (Å²) >= 11 is 0. The lowest BCUT2D eigenvalue weighted by Crippen LogP contribution is -2.15. The maximum Gasteiger partial charge on any atom is 0.213 e. The SMILES string of the molecule is COc1ccc2c(C(=O)c3ccccc3)nn(CC3CCCCC3)c2c1. The summed E-state index contributed by atoms with van der Waals surface area (Å²) in [4.78, 5) is 13.0. The molecule has 1 heterocycles. The third-order valence-electron chi connectivity index (χ3n) is 5.37. The highest BCUT2D eigenvalue weighted by atomic mass is 16.5. The van der Waals surface area contributed by atoms with Crippen LogP contribution in [0.15, 0.2) is 48.5 Å². The molecule has 4 nitrogen and oxygen atoms in total. The average molecular weight is 348 g/mol. The zero-order valence-electron chi connectivity index (χ0n) is 15.1.